The first-order chi connectivity index (χ1) is 44.1. The number of aryl methyl sites for hydroxylation is 2. The van der Waals surface area contributed by atoms with Crippen LogP contribution in [0.25, 0.3) is 65.6 Å². The maximum Gasteiger partial charge on any atom is 0.337 e. The summed E-state index contributed by atoms with van der Waals surface area (Å²) in [5.41, 5.74) is 11.6. The molecule has 2 aromatic heterocycles. The van der Waals surface area contributed by atoms with Gasteiger partial charge in [0.05, 0.1) is 48.7 Å². The lowest BCUT2D eigenvalue weighted by atomic mass is 9.80. The van der Waals surface area contributed by atoms with Crippen molar-refractivity contribution in [2.75, 3.05) is 39.6 Å². The van der Waals surface area contributed by atoms with Gasteiger partial charge in [-0.15, -0.1) is 0 Å². The SMILES string of the molecule is CC(=O)OCC(C)(C)O[C@H](COC(c1ccccc1)(c1ccccc1)c1ccccc1)c1c(C)cc2ccccc2c1-c1ccc2c3c(ccnc13)CCO2.CCOCC(C)(C)O[C@H](C(=O)O)c1c(C)cc2ccccc2c1-c1ccc2c3c(ccnc13)CCO2. The van der Waals surface area contributed by atoms with Gasteiger partial charge in [-0.2, -0.15) is 0 Å². The summed E-state index contributed by atoms with van der Waals surface area (Å²) >= 11 is 0. The molecule has 4 heterocycles. The van der Waals surface area contributed by atoms with Gasteiger partial charge in [0.2, 0.25) is 0 Å². The van der Waals surface area contributed by atoms with Crippen molar-refractivity contribution in [1.29, 1.82) is 0 Å². The Labute approximate surface area is 531 Å². The van der Waals surface area contributed by atoms with Crippen LogP contribution in [0.15, 0.2) is 200 Å². The second kappa shape index (κ2) is 26.3. The number of carboxylic acid groups (broad SMARTS) is 1. The minimum Gasteiger partial charge on any atom is -0.493 e. The number of aromatic nitrogens is 2. The molecule has 0 amide bonds. The standard InChI is InChI=1S/C49H45NO5.C30H31NO5/c1-33-30-36-16-14-15-23-40(36)46(41-24-25-42-45-35(27-29-52-42)26-28-50-47(41)45)44(33)43(55-48(3,4)32-53-34(2)51)31-54-49(37-17-8-5-9-18-37,38-19-10-6-11-20-38)39-21-12-7-13-22-39;1-5-34-17-30(3,4)36-28(29(32)33)24-18(2)16-20-8-6-7-9-21(20)26(24)22-10-11-23-25-19(13-15-35-23)12-14-31-27(22)25/h5-26,28,30,43H,27,29,31-32H2,1-4H3;6-12,14,16,28H,5,13,15,17H2,1-4H3,(H,32,33)/t43-;28-/m10/s1. The first kappa shape index (κ1) is 61.9. The van der Waals surface area contributed by atoms with Crippen molar-refractivity contribution in [2.24, 2.45) is 0 Å². The Morgan fingerprint density at radius 3 is 1.48 bits per heavy atom. The molecule has 0 radical (unpaired) electrons. The smallest absolute Gasteiger partial charge is 0.337 e. The molecule has 13 rings (SSSR count). The lowest BCUT2D eigenvalue weighted by Gasteiger charge is -2.39. The maximum absolute atomic E-state index is 12.7. The number of carboxylic acids is 1. The van der Waals surface area contributed by atoms with Crippen molar-refractivity contribution in [3.63, 3.8) is 0 Å². The third kappa shape index (κ3) is 12.5. The summed E-state index contributed by atoms with van der Waals surface area (Å²) in [5, 5.41) is 16.6. The Morgan fingerprint density at radius 2 is 1.01 bits per heavy atom. The van der Waals surface area contributed by atoms with Crippen LogP contribution in [-0.2, 0) is 51.7 Å². The first-order valence-corrected chi connectivity index (χ1v) is 31.3. The van der Waals surface area contributed by atoms with Crippen LogP contribution < -0.4 is 9.47 Å². The Bertz CT molecular complexity index is 4360. The number of fused-ring (bicyclic) bond motifs is 2. The molecule has 9 aromatic carbocycles. The predicted molar refractivity (Wildman–Crippen MR) is 359 cm³/mol. The number of carbonyl (C=O) groups excluding carboxylic acids is 1. The molecule has 12 heteroatoms. The van der Waals surface area contributed by atoms with Gasteiger partial charge in [-0.1, -0.05) is 152 Å². The molecule has 0 fully saturated rings. The minimum atomic E-state index is -1.19. The molecule has 0 unspecified atom stereocenters. The summed E-state index contributed by atoms with van der Waals surface area (Å²) in [6.07, 6.45) is 3.54. The third-order valence-corrected chi connectivity index (χ3v) is 17.2. The molecule has 12 nitrogen and oxygen atoms in total. The van der Waals surface area contributed by atoms with Gasteiger partial charge in [0, 0.05) is 66.2 Å². The Balaban J connectivity index is 0.000000192. The number of ether oxygens (including phenoxy) is 7. The topological polar surface area (TPSA) is 145 Å². The molecular weight excluding hydrogens is 1140 g/mol. The van der Waals surface area contributed by atoms with Gasteiger partial charge >= 0.3 is 11.9 Å². The monoisotopic (exact) mass is 1210 g/mol. The van der Waals surface area contributed by atoms with Crippen molar-refractivity contribution < 1.29 is 47.9 Å². The molecule has 462 valence electrons. The summed E-state index contributed by atoms with van der Waals surface area (Å²) in [6.45, 7) is 17.4. The van der Waals surface area contributed by atoms with Gasteiger partial charge in [0.15, 0.2) is 6.10 Å². The van der Waals surface area contributed by atoms with E-state index >= 15 is 0 Å². The average Bonchev–Trinajstić information content (AvgIpc) is 0.756. The number of nitrogens with zero attached hydrogens (tertiary/aromatic N) is 2. The Kier molecular flexibility index (Phi) is 17.9. The number of rotatable bonds is 20. The van der Waals surface area contributed by atoms with E-state index in [9.17, 15) is 14.7 Å². The number of benzene rings is 9. The molecule has 91 heavy (non-hydrogen) atoms. The maximum atomic E-state index is 12.7. The molecule has 0 saturated carbocycles. The molecule has 2 aliphatic heterocycles. The van der Waals surface area contributed by atoms with E-state index < -0.39 is 35.0 Å². The zero-order valence-electron chi connectivity index (χ0n) is 52.9. The van der Waals surface area contributed by atoms with E-state index in [2.05, 4.69) is 128 Å². The highest BCUT2D eigenvalue weighted by molar-refractivity contribution is 6.10. The van der Waals surface area contributed by atoms with Gasteiger partial charge < -0.3 is 38.3 Å². The van der Waals surface area contributed by atoms with Crippen LogP contribution in [0.4, 0.5) is 0 Å². The largest absolute Gasteiger partial charge is 0.493 e. The third-order valence-electron chi connectivity index (χ3n) is 17.2. The molecule has 0 bridgehead atoms. The fourth-order valence-corrected chi connectivity index (χ4v) is 13.3. The van der Waals surface area contributed by atoms with Crippen LogP contribution in [0.2, 0.25) is 0 Å². The fourth-order valence-electron chi connectivity index (χ4n) is 13.3. The Morgan fingerprint density at radius 1 is 0.560 bits per heavy atom. The lowest BCUT2D eigenvalue weighted by molar-refractivity contribution is -0.168. The minimum absolute atomic E-state index is 0.0713. The quantitative estimate of drug-likeness (QED) is 0.0573. The number of pyridine rings is 2. The normalized spacial score (nSPS) is 13.7. The van der Waals surface area contributed by atoms with E-state index in [1.54, 1.807) is 0 Å². The van der Waals surface area contributed by atoms with Crippen molar-refractivity contribution in [1.82, 2.24) is 9.97 Å². The summed E-state index contributed by atoms with van der Waals surface area (Å²) in [6, 6.07) is 64.2. The highest BCUT2D eigenvalue weighted by Gasteiger charge is 2.41. The van der Waals surface area contributed by atoms with Crippen molar-refractivity contribution in [3.05, 3.63) is 251 Å². The van der Waals surface area contributed by atoms with E-state index in [1.807, 2.05) is 121 Å². The summed E-state index contributed by atoms with van der Waals surface area (Å²) in [5.74, 6) is 0.257. The van der Waals surface area contributed by atoms with E-state index in [0.29, 0.717) is 25.4 Å². The number of aliphatic carboxylic acids is 1. The Hall–Kier alpha value is -9.30. The van der Waals surface area contributed by atoms with Crippen LogP contribution >= 0.6 is 0 Å². The number of hydrogen-bond donors (Lipinski definition) is 1. The zero-order valence-corrected chi connectivity index (χ0v) is 52.9. The van der Waals surface area contributed by atoms with Crippen molar-refractivity contribution in [2.45, 2.75) is 97.2 Å². The fraction of sp³-hybridized carbons (Fsp3) is 0.266. The highest BCUT2D eigenvalue weighted by atomic mass is 16.6. The van der Waals surface area contributed by atoms with Gasteiger partial charge in [-0.3, -0.25) is 14.8 Å². The van der Waals surface area contributed by atoms with Crippen molar-refractivity contribution in [3.8, 4) is 33.8 Å². The van der Waals surface area contributed by atoms with Crippen LogP contribution in [-0.4, -0.2) is 77.9 Å². The average molecular weight is 1210 g/mol. The second-order valence-electron chi connectivity index (χ2n) is 24.7. The lowest BCUT2D eigenvalue weighted by Crippen LogP contribution is -2.38. The van der Waals surface area contributed by atoms with Crippen LogP contribution in [0.5, 0.6) is 11.5 Å². The van der Waals surface area contributed by atoms with Crippen LogP contribution in [0.1, 0.15) is 104 Å². The van der Waals surface area contributed by atoms with Gasteiger partial charge in [-0.05, 0) is 162 Å². The van der Waals surface area contributed by atoms with Gasteiger partial charge in [0.25, 0.3) is 0 Å². The molecule has 2 aliphatic rings. The van der Waals surface area contributed by atoms with Gasteiger partial charge in [-0.25, -0.2) is 4.79 Å². The molecule has 0 aliphatic carbocycles. The van der Waals surface area contributed by atoms with E-state index in [-0.39, 0.29) is 25.8 Å². The van der Waals surface area contributed by atoms with Crippen molar-refractivity contribution >= 4 is 55.3 Å². The van der Waals surface area contributed by atoms with E-state index in [4.69, 9.17) is 43.1 Å². The zero-order chi connectivity index (χ0) is 63.4. The van der Waals surface area contributed by atoms with E-state index in [0.717, 1.165) is 123 Å². The predicted octanol–water partition coefficient (Wildman–Crippen LogP) is 17.0. The van der Waals surface area contributed by atoms with Crippen LogP contribution in [0, 0.1) is 13.8 Å². The van der Waals surface area contributed by atoms with Gasteiger partial charge in [0.1, 0.15) is 29.8 Å². The molecular formula is C79H76N2O10. The molecule has 1 N–H and O–H groups in total. The number of hydrogen-bond acceptors (Lipinski definition) is 11. The number of esters is 1. The molecule has 0 spiro atoms. The number of carbonyl (C=O) groups is 2. The van der Waals surface area contributed by atoms with E-state index in [1.165, 1.54) is 18.1 Å². The first-order valence-electron chi connectivity index (χ1n) is 31.3. The molecule has 2 atom stereocenters. The molecule has 11 aromatic rings. The summed E-state index contributed by atoms with van der Waals surface area (Å²) in [7, 11) is 0. The second-order valence-corrected chi connectivity index (χ2v) is 24.7. The molecule has 0 saturated heterocycles. The highest BCUT2D eigenvalue weighted by Crippen LogP contribution is 2.49. The summed E-state index contributed by atoms with van der Waals surface area (Å²) in [4.78, 5) is 34.6. The van der Waals surface area contributed by atoms with Crippen LogP contribution in [0.3, 0.4) is 0 Å². The summed E-state index contributed by atoms with van der Waals surface area (Å²) < 4.78 is 44.3.